The molecule has 168 valence electrons. The molecule has 0 N–H and O–H groups in total. The number of methoxy groups -OCH3 is 1. The Morgan fingerprint density at radius 3 is 2.58 bits per heavy atom. The zero-order valence-corrected chi connectivity index (χ0v) is 19.7. The lowest BCUT2D eigenvalue weighted by Crippen LogP contribution is -2.32. The molecule has 5 rings (SSSR count). The van der Waals surface area contributed by atoms with E-state index in [4.69, 9.17) is 37.1 Å². The van der Waals surface area contributed by atoms with E-state index < -0.39 is 0 Å². The molecule has 2 heterocycles. The van der Waals surface area contributed by atoms with Gasteiger partial charge in [0.15, 0.2) is 0 Å². The first-order valence-electron chi connectivity index (χ1n) is 10.5. The summed E-state index contributed by atoms with van der Waals surface area (Å²) in [5, 5.41) is 1.73. The minimum Gasteiger partial charge on any atom is -0.497 e. The predicted octanol–water partition coefficient (Wildman–Crippen LogP) is 6.44. The van der Waals surface area contributed by atoms with Crippen LogP contribution in [0.3, 0.4) is 0 Å². The molecule has 0 radical (unpaired) electrons. The number of rotatable bonds is 4. The van der Waals surface area contributed by atoms with Crippen LogP contribution in [-0.4, -0.2) is 18.7 Å². The second-order valence-corrected chi connectivity index (χ2v) is 8.85. The van der Waals surface area contributed by atoms with Crippen molar-refractivity contribution in [2.75, 3.05) is 13.8 Å². The van der Waals surface area contributed by atoms with E-state index >= 15 is 0 Å². The molecule has 5 nitrogen and oxygen atoms in total. The Hall–Kier alpha value is -2.99. The molecule has 0 bridgehead atoms. The van der Waals surface area contributed by atoms with E-state index in [1.54, 1.807) is 19.2 Å². The molecule has 3 aromatic carbocycles. The number of fused-ring (bicyclic) bond motifs is 3. The number of benzene rings is 3. The summed E-state index contributed by atoms with van der Waals surface area (Å²) in [5.41, 5.74) is 3.63. The van der Waals surface area contributed by atoms with Gasteiger partial charge in [0.2, 0.25) is 5.43 Å². The normalized spacial score (nSPS) is 13.6. The Morgan fingerprint density at radius 1 is 1.06 bits per heavy atom. The predicted molar refractivity (Wildman–Crippen MR) is 130 cm³/mol. The maximum Gasteiger partial charge on any atom is 0.200 e. The average Bonchev–Trinajstić information content (AvgIpc) is 2.81. The van der Waals surface area contributed by atoms with E-state index in [9.17, 15) is 4.79 Å². The summed E-state index contributed by atoms with van der Waals surface area (Å²) >= 11 is 12.4. The molecule has 0 amide bonds. The van der Waals surface area contributed by atoms with Crippen LogP contribution in [-0.2, 0) is 13.1 Å². The Kier molecular flexibility index (Phi) is 5.79. The van der Waals surface area contributed by atoms with Gasteiger partial charge in [0.05, 0.1) is 23.6 Å². The molecule has 0 atom stereocenters. The maximum atomic E-state index is 13.5. The average molecular weight is 482 g/mol. The lowest BCUT2D eigenvalue weighted by Gasteiger charge is -2.29. The third-order valence-corrected chi connectivity index (χ3v) is 6.46. The van der Waals surface area contributed by atoms with Crippen LogP contribution in [0, 0.1) is 6.92 Å². The van der Waals surface area contributed by atoms with Crippen LogP contribution in [0.2, 0.25) is 10.0 Å². The quantitative estimate of drug-likeness (QED) is 0.335. The molecular formula is C26H21Cl2NO4. The summed E-state index contributed by atoms with van der Waals surface area (Å²) in [6, 6.07) is 16.5. The molecule has 0 aliphatic carbocycles. The van der Waals surface area contributed by atoms with E-state index in [-0.39, 0.29) is 5.43 Å². The van der Waals surface area contributed by atoms with Crippen molar-refractivity contribution < 1.29 is 13.9 Å². The van der Waals surface area contributed by atoms with Crippen LogP contribution in [0.15, 0.2) is 63.8 Å². The van der Waals surface area contributed by atoms with Gasteiger partial charge < -0.3 is 13.9 Å². The van der Waals surface area contributed by atoms with Gasteiger partial charge in [-0.2, -0.15) is 0 Å². The van der Waals surface area contributed by atoms with Crippen molar-refractivity contribution in [3.63, 3.8) is 0 Å². The van der Waals surface area contributed by atoms with Crippen LogP contribution in [0.25, 0.3) is 22.1 Å². The van der Waals surface area contributed by atoms with Crippen molar-refractivity contribution in [2.45, 2.75) is 20.0 Å². The smallest absolute Gasteiger partial charge is 0.200 e. The SMILES string of the molecule is COc1ccc(-c2c(C)oc3c4c(ccc3c2=O)OCN(Cc2ccc(Cl)cc2Cl)C4)cc1. The number of hydrogen-bond acceptors (Lipinski definition) is 5. The Morgan fingerprint density at radius 2 is 1.85 bits per heavy atom. The zero-order chi connectivity index (χ0) is 23.1. The van der Waals surface area contributed by atoms with E-state index in [0.29, 0.717) is 52.2 Å². The summed E-state index contributed by atoms with van der Waals surface area (Å²) in [4.78, 5) is 15.6. The number of ether oxygens (including phenoxy) is 2. The first-order chi connectivity index (χ1) is 15.9. The molecular weight excluding hydrogens is 461 g/mol. The van der Waals surface area contributed by atoms with Crippen molar-refractivity contribution >= 4 is 34.2 Å². The third-order valence-electron chi connectivity index (χ3n) is 5.87. The lowest BCUT2D eigenvalue weighted by molar-refractivity contribution is 0.0890. The fraction of sp³-hybridized carbons (Fsp3) is 0.192. The van der Waals surface area contributed by atoms with Crippen molar-refractivity contribution in [3.8, 4) is 22.6 Å². The maximum absolute atomic E-state index is 13.5. The van der Waals surface area contributed by atoms with Crippen LogP contribution < -0.4 is 14.9 Å². The Balaban J connectivity index is 1.53. The zero-order valence-electron chi connectivity index (χ0n) is 18.2. The summed E-state index contributed by atoms with van der Waals surface area (Å²) < 4.78 is 17.4. The summed E-state index contributed by atoms with van der Waals surface area (Å²) in [7, 11) is 1.61. The lowest BCUT2D eigenvalue weighted by atomic mass is 10.0. The van der Waals surface area contributed by atoms with Gasteiger partial charge in [0, 0.05) is 23.1 Å². The molecule has 1 aromatic heterocycles. The van der Waals surface area contributed by atoms with Gasteiger partial charge in [-0.25, -0.2) is 0 Å². The number of hydrogen-bond donors (Lipinski definition) is 0. The topological polar surface area (TPSA) is 51.9 Å². The third kappa shape index (κ3) is 4.08. The number of nitrogens with zero attached hydrogens (tertiary/aromatic N) is 1. The molecule has 33 heavy (non-hydrogen) atoms. The highest BCUT2D eigenvalue weighted by molar-refractivity contribution is 6.35. The van der Waals surface area contributed by atoms with E-state index in [1.165, 1.54) is 0 Å². The molecule has 4 aromatic rings. The second-order valence-electron chi connectivity index (χ2n) is 8.01. The van der Waals surface area contributed by atoms with Crippen LogP contribution in [0.5, 0.6) is 11.5 Å². The van der Waals surface area contributed by atoms with E-state index in [0.717, 1.165) is 28.2 Å². The minimum atomic E-state index is -0.0698. The fourth-order valence-corrected chi connectivity index (χ4v) is 4.67. The molecule has 0 fully saturated rings. The molecule has 0 spiro atoms. The van der Waals surface area contributed by atoms with Crippen LogP contribution in [0.1, 0.15) is 16.9 Å². The number of aryl methyl sites for hydroxylation is 1. The molecule has 1 aliphatic rings. The van der Waals surface area contributed by atoms with E-state index in [2.05, 4.69) is 4.90 Å². The van der Waals surface area contributed by atoms with Gasteiger partial charge in [-0.1, -0.05) is 41.4 Å². The van der Waals surface area contributed by atoms with Gasteiger partial charge >= 0.3 is 0 Å². The highest BCUT2D eigenvalue weighted by atomic mass is 35.5. The largest absolute Gasteiger partial charge is 0.497 e. The molecule has 0 saturated heterocycles. The van der Waals surface area contributed by atoms with Gasteiger partial charge in [-0.15, -0.1) is 0 Å². The highest BCUT2D eigenvalue weighted by Crippen LogP contribution is 2.35. The summed E-state index contributed by atoms with van der Waals surface area (Å²) in [6.45, 7) is 3.37. The first kappa shape index (κ1) is 21.8. The van der Waals surface area contributed by atoms with Crippen molar-refractivity contribution in [1.29, 1.82) is 0 Å². The molecule has 0 unspecified atom stereocenters. The first-order valence-corrected chi connectivity index (χ1v) is 11.2. The summed E-state index contributed by atoms with van der Waals surface area (Å²) in [5.74, 6) is 2.01. The highest BCUT2D eigenvalue weighted by Gasteiger charge is 2.24. The van der Waals surface area contributed by atoms with Gasteiger partial charge in [-0.05, 0) is 54.4 Å². The van der Waals surface area contributed by atoms with Crippen LogP contribution >= 0.6 is 23.2 Å². The van der Waals surface area contributed by atoms with Gasteiger partial charge in [-0.3, -0.25) is 9.69 Å². The molecule has 7 heteroatoms. The van der Waals surface area contributed by atoms with E-state index in [1.807, 2.05) is 49.4 Å². The monoisotopic (exact) mass is 481 g/mol. The second kappa shape index (κ2) is 8.75. The standard InChI is InChI=1S/C26H21Cl2NO4/c1-15-24(16-4-7-19(31-2)8-5-16)25(30)20-9-10-23-21(26(20)33-15)13-29(14-32-23)12-17-3-6-18(27)11-22(17)28/h3-11H,12-14H2,1-2H3. The van der Waals surface area contributed by atoms with Crippen LogP contribution in [0.4, 0.5) is 0 Å². The molecule has 1 aliphatic heterocycles. The Bertz CT molecular complexity index is 1410. The van der Waals surface area contributed by atoms with Gasteiger partial charge in [0.25, 0.3) is 0 Å². The molecule has 0 saturated carbocycles. The fourth-order valence-electron chi connectivity index (χ4n) is 4.20. The minimum absolute atomic E-state index is 0.0698. The van der Waals surface area contributed by atoms with Crippen molar-refractivity contribution in [3.05, 3.63) is 91.8 Å². The van der Waals surface area contributed by atoms with Gasteiger partial charge in [0.1, 0.15) is 29.6 Å². The van der Waals surface area contributed by atoms with Crippen molar-refractivity contribution in [1.82, 2.24) is 4.90 Å². The van der Waals surface area contributed by atoms with Crippen molar-refractivity contribution in [2.24, 2.45) is 0 Å². The Labute approximate surface area is 201 Å². The number of halogens is 2. The summed E-state index contributed by atoms with van der Waals surface area (Å²) in [6.07, 6.45) is 0.